The fourth-order valence-electron chi connectivity index (χ4n) is 2.93. The minimum atomic E-state index is -0.556. The van der Waals surface area contributed by atoms with Crippen LogP contribution in [0.25, 0.3) is 0 Å². The summed E-state index contributed by atoms with van der Waals surface area (Å²) in [7, 11) is 0. The van der Waals surface area contributed by atoms with Gasteiger partial charge in [0.1, 0.15) is 5.56 Å². The second-order valence-corrected chi connectivity index (χ2v) is 5.69. The molecule has 1 aliphatic rings. The van der Waals surface area contributed by atoms with Crippen molar-refractivity contribution < 1.29 is 9.72 Å². The molecular formula is C15H21N3O3. The number of rotatable bonds is 4. The molecule has 0 aromatic heterocycles. The van der Waals surface area contributed by atoms with E-state index in [9.17, 15) is 14.9 Å². The van der Waals surface area contributed by atoms with E-state index in [4.69, 9.17) is 5.73 Å². The first-order chi connectivity index (χ1) is 9.99. The average Bonchev–Trinajstić information content (AvgIpc) is 2.47. The van der Waals surface area contributed by atoms with E-state index in [1.807, 2.05) is 6.92 Å². The molecule has 3 N–H and O–H groups in total. The Hall–Kier alpha value is -2.11. The number of nitrogens with zero attached hydrogens (tertiary/aromatic N) is 1. The quantitative estimate of drug-likeness (QED) is 0.506. The third-order valence-corrected chi connectivity index (χ3v) is 4.18. The highest BCUT2D eigenvalue weighted by atomic mass is 16.6. The van der Waals surface area contributed by atoms with Gasteiger partial charge in [-0.2, -0.15) is 0 Å². The number of hydrogen-bond donors (Lipinski definition) is 2. The van der Waals surface area contributed by atoms with Crippen molar-refractivity contribution in [2.75, 3.05) is 5.73 Å². The smallest absolute Gasteiger partial charge is 0.282 e. The standard InChI is InChI=1S/C15H21N3O3/c1-10(11-5-3-2-4-6-11)17-15(19)13-9-12(16)7-8-14(13)18(20)21/h7-11H,2-6,16H2,1H3,(H,17,19). The van der Waals surface area contributed by atoms with E-state index < -0.39 is 10.8 Å². The van der Waals surface area contributed by atoms with Gasteiger partial charge in [-0.25, -0.2) is 0 Å². The van der Waals surface area contributed by atoms with Crippen molar-refractivity contribution in [1.29, 1.82) is 0 Å². The van der Waals surface area contributed by atoms with Crippen molar-refractivity contribution in [3.8, 4) is 0 Å². The van der Waals surface area contributed by atoms with Gasteiger partial charge in [0.05, 0.1) is 4.92 Å². The summed E-state index contributed by atoms with van der Waals surface area (Å²) < 4.78 is 0. The molecule has 0 spiro atoms. The Morgan fingerprint density at radius 1 is 1.38 bits per heavy atom. The highest BCUT2D eigenvalue weighted by molar-refractivity contribution is 5.99. The predicted molar refractivity (Wildman–Crippen MR) is 81.0 cm³/mol. The van der Waals surface area contributed by atoms with Gasteiger partial charge in [0, 0.05) is 17.8 Å². The largest absolute Gasteiger partial charge is 0.399 e. The maximum absolute atomic E-state index is 12.3. The van der Waals surface area contributed by atoms with Gasteiger partial charge < -0.3 is 11.1 Å². The number of carbonyl (C=O) groups is 1. The highest BCUT2D eigenvalue weighted by Crippen LogP contribution is 2.27. The zero-order chi connectivity index (χ0) is 15.4. The molecule has 6 heteroatoms. The first-order valence-corrected chi connectivity index (χ1v) is 7.34. The molecule has 1 aromatic carbocycles. The molecule has 6 nitrogen and oxygen atoms in total. The van der Waals surface area contributed by atoms with Crippen LogP contribution in [-0.2, 0) is 0 Å². The van der Waals surface area contributed by atoms with Gasteiger partial charge in [0.15, 0.2) is 0 Å². The number of anilines is 1. The third kappa shape index (κ3) is 3.71. The van der Waals surface area contributed by atoms with Crippen LogP contribution in [0.15, 0.2) is 18.2 Å². The zero-order valence-electron chi connectivity index (χ0n) is 12.2. The lowest BCUT2D eigenvalue weighted by molar-refractivity contribution is -0.385. The lowest BCUT2D eigenvalue weighted by atomic mass is 9.84. The van der Waals surface area contributed by atoms with E-state index in [0.29, 0.717) is 11.6 Å². The fourth-order valence-corrected chi connectivity index (χ4v) is 2.93. The summed E-state index contributed by atoms with van der Waals surface area (Å²) in [4.78, 5) is 22.8. The number of amides is 1. The molecule has 114 valence electrons. The topological polar surface area (TPSA) is 98.3 Å². The summed E-state index contributed by atoms with van der Waals surface area (Å²) in [6.07, 6.45) is 5.81. The van der Waals surface area contributed by atoms with Gasteiger partial charge in [-0.1, -0.05) is 19.3 Å². The van der Waals surface area contributed by atoms with E-state index in [0.717, 1.165) is 12.8 Å². The number of nitrogens with two attached hydrogens (primary N) is 1. The second kappa shape index (κ2) is 6.56. The number of nitro groups is 1. The van der Waals surface area contributed by atoms with Crippen LogP contribution in [0.5, 0.6) is 0 Å². The molecule has 2 rings (SSSR count). The summed E-state index contributed by atoms with van der Waals surface area (Å²) in [5, 5.41) is 13.9. The van der Waals surface area contributed by atoms with Crippen molar-refractivity contribution in [1.82, 2.24) is 5.32 Å². The van der Waals surface area contributed by atoms with Crippen LogP contribution in [0.2, 0.25) is 0 Å². The number of nitrogen functional groups attached to an aromatic ring is 1. The SMILES string of the molecule is CC(NC(=O)c1cc(N)ccc1[N+](=O)[O-])C1CCCCC1. The maximum Gasteiger partial charge on any atom is 0.282 e. The Labute approximate surface area is 123 Å². The van der Waals surface area contributed by atoms with Crippen LogP contribution in [0.3, 0.4) is 0 Å². The minimum Gasteiger partial charge on any atom is -0.399 e. The first-order valence-electron chi connectivity index (χ1n) is 7.34. The molecule has 1 unspecified atom stereocenters. The van der Waals surface area contributed by atoms with Crippen molar-refractivity contribution in [2.24, 2.45) is 5.92 Å². The monoisotopic (exact) mass is 291 g/mol. The number of hydrogen-bond acceptors (Lipinski definition) is 4. The van der Waals surface area contributed by atoms with E-state index in [1.165, 1.54) is 37.5 Å². The van der Waals surface area contributed by atoms with Crippen molar-refractivity contribution in [3.05, 3.63) is 33.9 Å². The Morgan fingerprint density at radius 2 is 2.05 bits per heavy atom. The van der Waals surface area contributed by atoms with Crippen LogP contribution < -0.4 is 11.1 Å². The Morgan fingerprint density at radius 3 is 2.67 bits per heavy atom. The molecule has 1 saturated carbocycles. The summed E-state index contributed by atoms with van der Waals surface area (Å²) in [5.74, 6) is 0.0230. The summed E-state index contributed by atoms with van der Waals surface area (Å²) in [6, 6.07) is 4.08. The van der Waals surface area contributed by atoms with E-state index >= 15 is 0 Å². The van der Waals surface area contributed by atoms with E-state index in [2.05, 4.69) is 5.32 Å². The lowest BCUT2D eigenvalue weighted by Crippen LogP contribution is -2.39. The molecule has 0 bridgehead atoms. The zero-order valence-corrected chi connectivity index (χ0v) is 12.2. The van der Waals surface area contributed by atoms with Crippen LogP contribution in [-0.4, -0.2) is 16.9 Å². The molecule has 1 aliphatic carbocycles. The first kappa shape index (κ1) is 15.3. The van der Waals surface area contributed by atoms with Gasteiger partial charge in [-0.15, -0.1) is 0 Å². The van der Waals surface area contributed by atoms with Crippen LogP contribution >= 0.6 is 0 Å². The summed E-state index contributed by atoms with van der Waals surface area (Å²) in [6.45, 7) is 1.96. The molecule has 0 radical (unpaired) electrons. The molecule has 1 atom stereocenters. The minimum absolute atomic E-state index is 0.0128. The van der Waals surface area contributed by atoms with Gasteiger partial charge in [-0.05, 0) is 37.8 Å². The Bertz CT molecular complexity index is 539. The second-order valence-electron chi connectivity index (χ2n) is 5.69. The molecule has 1 fully saturated rings. The molecule has 0 saturated heterocycles. The van der Waals surface area contributed by atoms with Gasteiger partial charge in [0.25, 0.3) is 11.6 Å². The Balaban J connectivity index is 2.12. The normalized spacial score (nSPS) is 17.2. The van der Waals surface area contributed by atoms with Gasteiger partial charge in [0.2, 0.25) is 0 Å². The Kier molecular flexibility index (Phi) is 4.77. The maximum atomic E-state index is 12.3. The van der Waals surface area contributed by atoms with E-state index in [-0.39, 0.29) is 17.3 Å². The fraction of sp³-hybridized carbons (Fsp3) is 0.533. The molecular weight excluding hydrogens is 270 g/mol. The number of nitrogens with one attached hydrogen (secondary N) is 1. The van der Waals surface area contributed by atoms with Crippen LogP contribution in [0.4, 0.5) is 11.4 Å². The van der Waals surface area contributed by atoms with Crippen LogP contribution in [0.1, 0.15) is 49.4 Å². The molecule has 0 aliphatic heterocycles. The molecule has 0 heterocycles. The van der Waals surface area contributed by atoms with Crippen molar-refractivity contribution in [3.63, 3.8) is 0 Å². The van der Waals surface area contributed by atoms with Gasteiger partial charge >= 0.3 is 0 Å². The highest BCUT2D eigenvalue weighted by Gasteiger charge is 2.25. The third-order valence-electron chi connectivity index (χ3n) is 4.18. The van der Waals surface area contributed by atoms with Crippen LogP contribution in [0, 0.1) is 16.0 Å². The number of carbonyl (C=O) groups excluding carboxylic acids is 1. The summed E-state index contributed by atoms with van der Waals surface area (Å²) in [5.41, 5.74) is 5.80. The van der Waals surface area contributed by atoms with E-state index in [1.54, 1.807) is 0 Å². The predicted octanol–water partition coefficient (Wildman–Crippen LogP) is 2.88. The van der Waals surface area contributed by atoms with Gasteiger partial charge in [-0.3, -0.25) is 14.9 Å². The molecule has 21 heavy (non-hydrogen) atoms. The molecule has 1 aromatic rings. The number of benzene rings is 1. The number of nitro benzene ring substituents is 1. The summed E-state index contributed by atoms with van der Waals surface area (Å²) >= 11 is 0. The average molecular weight is 291 g/mol. The van der Waals surface area contributed by atoms with Crippen molar-refractivity contribution >= 4 is 17.3 Å². The molecule has 1 amide bonds. The lowest BCUT2D eigenvalue weighted by Gasteiger charge is -2.28. The van der Waals surface area contributed by atoms with Crippen molar-refractivity contribution in [2.45, 2.75) is 45.1 Å².